The van der Waals surface area contributed by atoms with E-state index in [1.54, 1.807) is 11.8 Å². The van der Waals surface area contributed by atoms with Gasteiger partial charge in [-0.2, -0.15) is 0 Å². The second-order valence-electron chi connectivity index (χ2n) is 5.14. The highest BCUT2D eigenvalue weighted by atomic mass is 32.2. The first-order valence-electron chi connectivity index (χ1n) is 7.42. The number of aliphatic hydroxyl groups is 1. The first kappa shape index (κ1) is 17.4. The number of aliphatic hydroxyl groups excluding tert-OH is 1. The van der Waals surface area contributed by atoms with E-state index >= 15 is 0 Å². The van der Waals surface area contributed by atoms with Crippen LogP contribution < -0.4 is 5.32 Å². The second kappa shape index (κ2) is 9.22. The number of nitrogens with one attached hydrogen (secondary N) is 1. The summed E-state index contributed by atoms with van der Waals surface area (Å²) < 4.78 is 5.17. The molecule has 0 aliphatic heterocycles. The van der Waals surface area contributed by atoms with Gasteiger partial charge in [-0.15, -0.1) is 11.8 Å². The zero-order valence-electron chi connectivity index (χ0n) is 13.1. The van der Waals surface area contributed by atoms with Crippen molar-refractivity contribution in [1.82, 2.24) is 5.32 Å². The van der Waals surface area contributed by atoms with Crippen LogP contribution in [0.3, 0.4) is 0 Å². The van der Waals surface area contributed by atoms with E-state index < -0.39 is 6.09 Å². The molecule has 0 unspecified atom stereocenters. The third-order valence-electron chi connectivity index (χ3n) is 3.40. The number of alkyl carbamates (subject to hydrolysis) is 1. The van der Waals surface area contributed by atoms with Gasteiger partial charge in [-0.25, -0.2) is 4.79 Å². The molecule has 5 heteroatoms. The predicted octanol–water partition coefficient (Wildman–Crippen LogP) is 3.24. The Morgan fingerprint density at radius 3 is 2.43 bits per heavy atom. The summed E-state index contributed by atoms with van der Waals surface area (Å²) >= 11 is 1.68. The van der Waals surface area contributed by atoms with Crippen LogP contribution in [0.2, 0.25) is 0 Å². The van der Waals surface area contributed by atoms with E-state index in [-0.39, 0.29) is 19.3 Å². The maximum Gasteiger partial charge on any atom is 0.407 e. The van der Waals surface area contributed by atoms with Crippen molar-refractivity contribution in [2.75, 3.05) is 12.9 Å². The van der Waals surface area contributed by atoms with E-state index in [2.05, 4.69) is 5.32 Å². The van der Waals surface area contributed by atoms with Crippen molar-refractivity contribution in [1.29, 1.82) is 0 Å². The number of rotatable bonds is 7. The van der Waals surface area contributed by atoms with Gasteiger partial charge in [0.2, 0.25) is 0 Å². The number of benzene rings is 2. The van der Waals surface area contributed by atoms with Gasteiger partial charge in [-0.05, 0) is 35.9 Å². The van der Waals surface area contributed by atoms with Crippen molar-refractivity contribution in [3.63, 3.8) is 0 Å². The Labute approximate surface area is 140 Å². The van der Waals surface area contributed by atoms with Crippen LogP contribution in [0.15, 0.2) is 59.5 Å². The van der Waals surface area contributed by atoms with Crippen molar-refractivity contribution < 1.29 is 14.6 Å². The molecule has 0 heterocycles. The van der Waals surface area contributed by atoms with Crippen molar-refractivity contribution in [2.45, 2.75) is 24.0 Å². The molecular weight excluding hydrogens is 310 g/mol. The molecule has 0 bridgehead atoms. The molecule has 0 spiro atoms. The molecule has 2 aromatic carbocycles. The molecule has 23 heavy (non-hydrogen) atoms. The van der Waals surface area contributed by atoms with E-state index in [0.29, 0.717) is 6.42 Å². The third-order valence-corrected chi connectivity index (χ3v) is 4.14. The summed E-state index contributed by atoms with van der Waals surface area (Å²) in [6.07, 6.45) is 2.06. The van der Waals surface area contributed by atoms with Gasteiger partial charge in [0.15, 0.2) is 0 Å². The Balaban J connectivity index is 1.82. The fourth-order valence-corrected chi connectivity index (χ4v) is 2.55. The topological polar surface area (TPSA) is 58.6 Å². The summed E-state index contributed by atoms with van der Waals surface area (Å²) in [4.78, 5) is 13.0. The Kier molecular flexibility index (Phi) is 6.97. The van der Waals surface area contributed by atoms with E-state index in [9.17, 15) is 9.90 Å². The van der Waals surface area contributed by atoms with Gasteiger partial charge in [0.25, 0.3) is 0 Å². The molecule has 0 saturated heterocycles. The number of hydrogen-bond acceptors (Lipinski definition) is 4. The van der Waals surface area contributed by atoms with Crippen molar-refractivity contribution in [2.24, 2.45) is 0 Å². The summed E-state index contributed by atoms with van der Waals surface area (Å²) in [6.45, 7) is 0.0813. The first-order valence-corrected chi connectivity index (χ1v) is 8.64. The summed E-state index contributed by atoms with van der Waals surface area (Å²) in [5.74, 6) is 0. The number of ether oxygens (including phenoxy) is 1. The Morgan fingerprint density at radius 2 is 1.83 bits per heavy atom. The molecule has 1 atom stereocenters. The second-order valence-corrected chi connectivity index (χ2v) is 6.02. The normalized spacial score (nSPS) is 11.7. The highest BCUT2D eigenvalue weighted by Gasteiger charge is 2.13. The van der Waals surface area contributed by atoms with Gasteiger partial charge in [0.1, 0.15) is 6.61 Å². The fourth-order valence-electron chi connectivity index (χ4n) is 2.14. The SMILES string of the molecule is CSc1ccc(C[C@H](CO)NC(=O)OCc2ccccc2)cc1. The quantitative estimate of drug-likeness (QED) is 0.765. The Hall–Kier alpha value is -1.98. The number of carbonyl (C=O) groups is 1. The molecule has 2 N–H and O–H groups in total. The van der Waals surface area contributed by atoms with E-state index in [0.717, 1.165) is 11.1 Å². The van der Waals surface area contributed by atoms with Crippen LogP contribution in [0.5, 0.6) is 0 Å². The van der Waals surface area contributed by atoms with Gasteiger partial charge in [-0.1, -0.05) is 42.5 Å². The molecule has 1 amide bonds. The van der Waals surface area contributed by atoms with E-state index in [4.69, 9.17) is 4.74 Å². The minimum absolute atomic E-state index is 0.134. The monoisotopic (exact) mass is 331 g/mol. The predicted molar refractivity (Wildman–Crippen MR) is 92.6 cm³/mol. The average Bonchev–Trinajstić information content (AvgIpc) is 2.61. The smallest absolute Gasteiger partial charge is 0.407 e. The summed E-state index contributed by atoms with van der Waals surface area (Å²) in [5.41, 5.74) is 1.99. The standard InChI is InChI=1S/C18H21NO3S/c1-23-17-9-7-14(8-10-17)11-16(12-20)19-18(21)22-13-15-5-3-2-4-6-15/h2-10,16,20H,11-13H2,1H3,(H,19,21)/t16-/m1/s1. The molecule has 0 fully saturated rings. The highest BCUT2D eigenvalue weighted by Crippen LogP contribution is 2.15. The Bertz CT molecular complexity index is 601. The molecule has 2 aromatic rings. The van der Waals surface area contributed by atoms with E-state index in [1.807, 2.05) is 60.9 Å². The maximum atomic E-state index is 11.8. The lowest BCUT2D eigenvalue weighted by Crippen LogP contribution is -2.39. The van der Waals surface area contributed by atoms with Crippen molar-refractivity contribution >= 4 is 17.9 Å². The zero-order chi connectivity index (χ0) is 16.5. The lowest BCUT2D eigenvalue weighted by Gasteiger charge is -2.16. The van der Waals surface area contributed by atoms with Crippen LogP contribution in [-0.4, -0.2) is 30.1 Å². The van der Waals surface area contributed by atoms with Crippen LogP contribution in [-0.2, 0) is 17.8 Å². The summed E-state index contributed by atoms with van der Waals surface area (Å²) in [7, 11) is 0. The number of thioether (sulfide) groups is 1. The van der Waals surface area contributed by atoms with Gasteiger partial charge in [-0.3, -0.25) is 0 Å². The van der Waals surface area contributed by atoms with Crippen molar-refractivity contribution in [3.05, 3.63) is 65.7 Å². The average molecular weight is 331 g/mol. The molecule has 0 radical (unpaired) electrons. The van der Waals surface area contributed by atoms with E-state index in [1.165, 1.54) is 4.90 Å². The zero-order valence-corrected chi connectivity index (χ0v) is 13.9. The minimum Gasteiger partial charge on any atom is -0.445 e. The number of amides is 1. The number of carbonyl (C=O) groups excluding carboxylic acids is 1. The third kappa shape index (κ3) is 5.96. The molecule has 122 valence electrons. The molecular formula is C18H21NO3S. The van der Waals surface area contributed by atoms with Crippen LogP contribution in [0.1, 0.15) is 11.1 Å². The van der Waals surface area contributed by atoms with Gasteiger partial charge < -0.3 is 15.2 Å². The number of hydrogen-bond donors (Lipinski definition) is 2. The first-order chi connectivity index (χ1) is 11.2. The van der Waals surface area contributed by atoms with Gasteiger partial charge >= 0.3 is 6.09 Å². The molecule has 0 aliphatic rings. The molecule has 2 rings (SSSR count). The van der Waals surface area contributed by atoms with Crippen molar-refractivity contribution in [3.8, 4) is 0 Å². The van der Waals surface area contributed by atoms with Crippen LogP contribution >= 0.6 is 11.8 Å². The highest BCUT2D eigenvalue weighted by molar-refractivity contribution is 7.98. The van der Waals surface area contributed by atoms with Crippen LogP contribution in [0.4, 0.5) is 4.79 Å². The van der Waals surface area contributed by atoms with Crippen LogP contribution in [0, 0.1) is 0 Å². The maximum absolute atomic E-state index is 11.8. The molecule has 0 aromatic heterocycles. The minimum atomic E-state index is -0.520. The summed E-state index contributed by atoms with van der Waals surface area (Å²) in [5, 5.41) is 12.1. The summed E-state index contributed by atoms with van der Waals surface area (Å²) in [6, 6.07) is 17.2. The Morgan fingerprint density at radius 1 is 1.13 bits per heavy atom. The molecule has 4 nitrogen and oxygen atoms in total. The lowest BCUT2D eigenvalue weighted by molar-refractivity contribution is 0.129. The molecule has 0 saturated carbocycles. The fraction of sp³-hybridized carbons (Fsp3) is 0.278. The largest absolute Gasteiger partial charge is 0.445 e. The van der Waals surface area contributed by atoms with Gasteiger partial charge in [0.05, 0.1) is 12.6 Å². The lowest BCUT2D eigenvalue weighted by atomic mass is 10.1. The van der Waals surface area contributed by atoms with Gasteiger partial charge in [0, 0.05) is 4.90 Å². The molecule has 0 aliphatic carbocycles. The van der Waals surface area contributed by atoms with Crippen LogP contribution in [0.25, 0.3) is 0 Å².